The van der Waals surface area contributed by atoms with Crippen LogP contribution in [0.15, 0.2) is 78.9 Å². The summed E-state index contributed by atoms with van der Waals surface area (Å²) >= 11 is 12.0. The van der Waals surface area contributed by atoms with E-state index in [0.717, 1.165) is 27.7 Å². The van der Waals surface area contributed by atoms with Gasteiger partial charge in [0.05, 0.1) is 11.2 Å². The third-order valence-corrected chi connectivity index (χ3v) is 6.59. The topological polar surface area (TPSA) is 53.5 Å². The second-order valence-electron chi connectivity index (χ2n) is 8.61. The number of fused-ring (bicyclic) bond motifs is 1. The van der Waals surface area contributed by atoms with E-state index in [4.69, 9.17) is 28.2 Å². The van der Waals surface area contributed by atoms with E-state index in [2.05, 4.69) is 0 Å². The average molecular weight is 520 g/mol. The number of carbonyl (C=O) groups excluding carboxylic acids is 2. The summed E-state index contributed by atoms with van der Waals surface area (Å²) in [5.41, 5.74) is 3.60. The van der Waals surface area contributed by atoms with Crippen molar-refractivity contribution in [2.75, 3.05) is 22.9 Å². The number of anilines is 2. The maximum absolute atomic E-state index is 12.8. The first-order valence-corrected chi connectivity index (χ1v) is 12.5. The summed E-state index contributed by atoms with van der Waals surface area (Å²) in [4.78, 5) is 33.7. The Labute approximate surface area is 221 Å². The fourth-order valence-corrected chi connectivity index (χ4v) is 4.42. The largest absolute Gasteiger partial charge is 0.312 e. The highest BCUT2D eigenvalue weighted by molar-refractivity contribution is 6.30. The van der Waals surface area contributed by atoms with Crippen molar-refractivity contribution < 1.29 is 9.59 Å². The Morgan fingerprint density at radius 1 is 0.722 bits per heavy atom. The van der Waals surface area contributed by atoms with Crippen LogP contribution in [-0.2, 0) is 22.4 Å². The molecular formula is C29H27Cl2N3O2. The quantitative estimate of drug-likeness (QED) is 0.259. The first-order valence-electron chi connectivity index (χ1n) is 11.8. The van der Waals surface area contributed by atoms with Crippen LogP contribution in [0.5, 0.6) is 0 Å². The predicted molar refractivity (Wildman–Crippen MR) is 148 cm³/mol. The van der Waals surface area contributed by atoms with E-state index >= 15 is 0 Å². The Morgan fingerprint density at radius 3 is 1.75 bits per heavy atom. The number of nitrogens with zero attached hydrogens (tertiary/aromatic N) is 3. The summed E-state index contributed by atoms with van der Waals surface area (Å²) in [6.45, 7) is 4.02. The molecule has 4 rings (SSSR count). The monoisotopic (exact) mass is 519 g/mol. The van der Waals surface area contributed by atoms with Gasteiger partial charge in [-0.1, -0.05) is 65.7 Å². The molecule has 4 aromatic rings. The Bertz CT molecular complexity index is 1370. The molecule has 184 valence electrons. The Balaban J connectivity index is 1.68. The zero-order chi connectivity index (χ0) is 25.7. The molecule has 0 spiro atoms. The van der Waals surface area contributed by atoms with Crippen molar-refractivity contribution in [2.24, 2.45) is 0 Å². The SMILES string of the molecule is CC(=O)N(CCc1ccc(Cl)cc1)c1cc(N(CCc2ccc(Cl)cc2)C(C)=O)c2ccccc2n1. The molecule has 0 saturated heterocycles. The number of benzene rings is 3. The van der Waals surface area contributed by atoms with Gasteiger partial charge in [0.2, 0.25) is 11.8 Å². The van der Waals surface area contributed by atoms with E-state index < -0.39 is 0 Å². The van der Waals surface area contributed by atoms with Crippen molar-refractivity contribution in [3.8, 4) is 0 Å². The fourth-order valence-electron chi connectivity index (χ4n) is 4.17. The zero-order valence-corrected chi connectivity index (χ0v) is 21.8. The highest BCUT2D eigenvalue weighted by Gasteiger charge is 2.20. The van der Waals surface area contributed by atoms with Gasteiger partial charge in [0.1, 0.15) is 5.82 Å². The summed E-state index contributed by atoms with van der Waals surface area (Å²) in [6.07, 6.45) is 1.31. The minimum atomic E-state index is -0.117. The van der Waals surface area contributed by atoms with Crippen molar-refractivity contribution in [3.63, 3.8) is 0 Å². The molecule has 0 fully saturated rings. The number of halogens is 2. The summed E-state index contributed by atoms with van der Waals surface area (Å²) < 4.78 is 0. The number of para-hydroxylation sites is 1. The maximum Gasteiger partial charge on any atom is 0.225 e. The second-order valence-corrected chi connectivity index (χ2v) is 9.48. The molecular weight excluding hydrogens is 493 g/mol. The number of hydrogen-bond acceptors (Lipinski definition) is 3. The molecule has 0 aliphatic heterocycles. The van der Waals surface area contributed by atoms with Crippen molar-refractivity contribution in [1.82, 2.24) is 4.98 Å². The van der Waals surface area contributed by atoms with Crippen LogP contribution in [0.4, 0.5) is 11.5 Å². The fraction of sp³-hybridized carbons (Fsp3) is 0.207. The van der Waals surface area contributed by atoms with Gasteiger partial charge >= 0.3 is 0 Å². The number of hydrogen-bond donors (Lipinski definition) is 0. The van der Waals surface area contributed by atoms with Crippen molar-refractivity contribution in [2.45, 2.75) is 26.7 Å². The van der Waals surface area contributed by atoms with Gasteiger partial charge in [0.15, 0.2) is 0 Å². The standard InChI is InChI=1S/C29H27Cl2N3O2/c1-20(35)33(17-15-22-7-11-24(30)12-8-22)28-19-29(32-27-6-4-3-5-26(27)28)34(21(2)36)18-16-23-9-13-25(31)14-10-23/h3-14,19H,15-18H2,1-2H3. The van der Waals surface area contributed by atoms with Crippen LogP contribution in [-0.4, -0.2) is 29.9 Å². The summed E-state index contributed by atoms with van der Waals surface area (Å²) in [5, 5.41) is 2.20. The third-order valence-electron chi connectivity index (χ3n) is 6.08. The Morgan fingerprint density at radius 2 is 1.22 bits per heavy atom. The lowest BCUT2D eigenvalue weighted by molar-refractivity contribution is -0.117. The number of pyridine rings is 1. The maximum atomic E-state index is 12.8. The third kappa shape index (κ3) is 6.23. The van der Waals surface area contributed by atoms with Crippen molar-refractivity contribution >= 4 is 57.4 Å². The van der Waals surface area contributed by atoms with Gasteiger partial charge in [-0.25, -0.2) is 4.98 Å². The molecule has 0 atom stereocenters. The highest BCUT2D eigenvalue weighted by atomic mass is 35.5. The molecule has 0 saturated carbocycles. The molecule has 1 heterocycles. The summed E-state index contributed by atoms with van der Waals surface area (Å²) in [7, 11) is 0. The normalized spacial score (nSPS) is 10.9. The van der Waals surface area contributed by atoms with Crippen LogP contribution >= 0.6 is 23.2 Å². The molecule has 0 bridgehead atoms. The number of carbonyl (C=O) groups is 2. The lowest BCUT2D eigenvalue weighted by Crippen LogP contribution is -2.33. The molecule has 0 N–H and O–H groups in total. The zero-order valence-electron chi connectivity index (χ0n) is 20.2. The minimum absolute atomic E-state index is 0.0817. The molecule has 1 aromatic heterocycles. The summed E-state index contributed by atoms with van der Waals surface area (Å²) in [5.74, 6) is 0.318. The number of amides is 2. The van der Waals surface area contributed by atoms with Gasteiger partial charge < -0.3 is 4.90 Å². The molecule has 0 radical (unpaired) electrons. The van der Waals surface area contributed by atoms with Gasteiger partial charge in [0, 0.05) is 48.4 Å². The van der Waals surface area contributed by atoms with Gasteiger partial charge in [-0.05, 0) is 54.3 Å². The Kier molecular flexibility index (Phi) is 8.24. The smallest absolute Gasteiger partial charge is 0.225 e. The van der Waals surface area contributed by atoms with E-state index in [-0.39, 0.29) is 11.8 Å². The molecule has 36 heavy (non-hydrogen) atoms. The number of aromatic nitrogens is 1. The van der Waals surface area contributed by atoms with Crippen LogP contribution < -0.4 is 9.80 Å². The molecule has 5 nitrogen and oxygen atoms in total. The predicted octanol–water partition coefficient (Wildman–Crippen LogP) is 6.73. The highest BCUT2D eigenvalue weighted by Crippen LogP contribution is 2.31. The Hall–Kier alpha value is -3.41. The van der Waals surface area contributed by atoms with Crippen molar-refractivity contribution in [1.29, 1.82) is 0 Å². The van der Waals surface area contributed by atoms with Crippen LogP contribution in [0.1, 0.15) is 25.0 Å². The first kappa shape index (κ1) is 25.7. The van der Waals surface area contributed by atoms with E-state index in [0.29, 0.717) is 41.8 Å². The first-order chi connectivity index (χ1) is 17.3. The van der Waals surface area contributed by atoms with Crippen molar-refractivity contribution in [3.05, 3.63) is 100 Å². The minimum Gasteiger partial charge on any atom is -0.312 e. The average Bonchev–Trinajstić information content (AvgIpc) is 2.86. The van der Waals surface area contributed by atoms with E-state index in [1.54, 1.807) is 16.7 Å². The van der Waals surface area contributed by atoms with Crippen LogP contribution in [0.2, 0.25) is 10.0 Å². The molecule has 0 unspecified atom stereocenters. The summed E-state index contributed by atoms with van der Waals surface area (Å²) in [6, 6.07) is 24.7. The molecule has 0 aliphatic carbocycles. The second kappa shape index (κ2) is 11.5. The molecule has 2 amide bonds. The number of rotatable bonds is 8. The molecule has 3 aromatic carbocycles. The molecule has 0 aliphatic rings. The molecule has 7 heteroatoms. The van der Waals surface area contributed by atoms with Crippen LogP contribution in [0, 0.1) is 0 Å². The lowest BCUT2D eigenvalue weighted by atomic mass is 10.1. The van der Waals surface area contributed by atoms with Gasteiger partial charge in [-0.15, -0.1) is 0 Å². The van der Waals surface area contributed by atoms with Crippen LogP contribution in [0.25, 0.3) is 10.9 Å². The van der Waals surface area contributed by atoms with Crippen LogP contribution in [0.3, 0.4) is 0 Å². The van der Waals surface area contributed by atoms with E-state index in [1.807, 2.05) is 78.9 Å². The van der Waals surface area contributed by atoms with Gasteiger partial charge in [0.25, 0.3) is 0 Å². The van der Waals surface area contributed by atoms with Gasteiger partial charge in [-0.3, -0.25) is 14.5 Å². The van der Waals surface area contributed by atoms with E-state index in [1.165, 1.54) is 6.92 Å². The lowest BCUT2D eigenvalue weighted by Gasteiger charge is -2.26. The van der Waals surface area contributed by atoms with Gasteiger partial charge in [-0.2, -0.15) is 0 Å². The van der Waals surface area contributed by atoms with E-state index in [9.17, 15) is 9.59 Å².